The third-order valence-corrected chi connectivity index (χ3v) is 3.41. The van der Waals surface area contributed by atoms with Gasteiger partial charge in [0.1, 0.15) is 5.82 Å². The Hall–Kier alpha value is -2.28. The molecule has 1 aromatic carbocycles. The van der Waals surface area contributed by atoms with Gasteiger partial charge in [-0.25, -0.2) is 4.79 Å². The number of hydrogen-bond donors (Lipinski definition) is 4. The van der Waals surface area contributed by atoms with Gasteiger partial charge >= 0.3 is 6.03 Å². The van der Waals surface area contributed by atoms with Gasteiger partial charge in [-0.2, -0.15) is 0 Å². The van der Waals surface area contributed by atoms with Gasteiger partial charge in [0, 0.05) is 4.47 Å². The summed E-state index contributed by atoms with van der Waals surface area (Å²) in [6.45, 7) is 1.75. The highest BCUT2D eigenvalue weighted by atomic mass is 79.9. The maximum atomic E-state index is 11.5. The number of rotatable bonds is 3. The number of nitrogens with one attached hydrogen (secondary N) is 2. The molecule has 7 heteroatoms. The zero-order chi connectivity index (χ0) is 14.9. The number of carbonyl (C=O) groups excluding carboxylic acids is 2. The van der Waals surface area contributed by atoms with Crippen LogP contribution in [-0.4, -0.2) is 16.9 Å². The lowest BCUT2D eigenvalue weighted by Crippen LogP contribution is -2.22. The number of H-pyrrole nitrogens is 1. The lowest BCUT2D eigenvalue weighted by Gasteiger charge is -2.01. The van der Waals surface area contributed by atoms with Crippen molar-refractivity contribution in [2.75, 3.05) is 5.32 Å². The number of halogens is 1. The van der Waals surface area contributed by atoms with Crippen molar-refractivity contribution in [3.63, 3.8) is 0 Å². The Labute approximate surface area is 123 Å². The number of aromatic nitrogens is 1. The summed E-state index contributed by atoms with van der Waals surface area (Å²) in [5, 5.41) is 2.37. The quantitative estimate of drug-likeness (QED) is 0.689. The van der Waals surface area contributed by atoms with E-state index in [1.54, 1.807) is 6.92 Å². The minimum Gasteiger partial charge on any atom is -0.365 e. The minimum absolute atomic E-state index is 0.209. The van der Waals surface area contributed by atoms with Gasteiger partial charge in [-0.15, -0.1) is 0 Å². The third kappa shape index (κ3) is 2.67. The number of anilines is 1. The van der Waals surface area contributed by atoms with Crippen molar-refractivity contribution in [3.05, 3.63) is 39.9 Å². The van der Waals surface area contributed by atoms with Gasteiger partial charge in [0.05, 0.1) is 11.3 Å². The Morgan fingerprint density at radius 2 is 1.80 bits per heavy atom. The van der Waals surface area contributed by atoms with Gasteiger partial charge < -0.3 is 16.5 Å². The molecule has 1 heterocycles. The molecule has 0 spiro atoms. The van der Waals surface area contributed by atoms with Gasteiger partial charge in [-0.3, -0.25) is 10.1 Å². The van der Waals surface area contributed by atoms with Crippen LogP contribution in [0.4, 0.5) is 10.6 Å². The van der Waals surface area contributed by atoms with Crippen molar-refractivity contribution in [2.45, 2.75) is 6.92 Å². The van der Waals surface area contributed by atoms with Gasteiger partial charge in [0.15, 0.2) is 0 Å². The van der Waals surface area contributed by atoms with Crippen LogP contribution in [0.25, 0.3) is 11.3 Å². The molecule has 0 saturated heterocycles. The number of amides is 3. The highest BCUT2D eigenvalue weighted by molar-refractivity contribution is 9.10. The third-order valence-electron chi connectivity index (χ3n) is 2.88. The number of urea groups is 1. The first-order valence-electron chi connectivity index (χ1n) is 5.75. The van der Waals surface area contributed by atoms with Crippen molar-refractivity contribution < 1.29 is 9.59 Å². The lowest BCUT2D eigenvalue weighted by molar-refractivity contribution is 0.100. The fraction of sp³-hybridized carbons (Fsp3) is 0.0769. The summed E-state index contributed by atoms with van der Waals surface area (Å²) in [6.07, 6.45) is 0. The zero-order valence-corrected chi connectivity index (χ0v) is 12.2. The molecule has 2 aromatic rings. The molecule has 0 saturated carbocycles. The van der Waals surface area contributed by atoms with E-state index in [1.807, 2.05) is 24.3 Å². The molecule has 0 atom stereocenters. The first-order valence-corrected chi connectivity index (χ1v) is 6.54. The Balaban J connectivity index is 2.57. The van der Waals surface area contributed by atoms with E-state index in [4.69, 9.17) is 11.5 Å². The van der Waals surface area contributed by atoms with Crippen LogP contribution in [0.3, 0.4) is 0 Å². The second-order valence-corrected chi connectivity index (χ2v) is 5.15. The molecular formula is C13H13BrN4O2. The van der Waals surface area contributed by atoms with Gasteiger partial charge in [-0.1, -0.05) is 28.1 Å². The molecule has 0 unspecified atom stereocenters. The van der Waals surface area contributed by atoms with Crippen LogP contribution < -0.4 is 16.8 Å². The zero-order valence-electron chi connectivity index (χ0n) is 10.7. The molecule has 6 N–H and O–H groups in total. The second-order valence-electron chi connectivity index (χ2n) is 4.24. The molecule has 6 nitrogen and oxygen atoms in total. The van der Waals surface area contributed by atoms with Gasteiger partial charge in [0.2, 0.25) is 0 Å². The summed E-state index contributed by atoms with van der Waals surface area (Å²) in [5.74, 6) is -0.425. The standard InChI is InChI=1S/C13H13BrN4O2/c1-6-9(11(15)19)12(18-13(16)20)17-10(6)7-2-4-8(14)5-3-7/h2-5,17H,1H3,(H2,15,19)(H3,16,18,20). The van der Waals surface area contributed by atoms with Crippen molar-refractivity contribution in [1.29, 1.82) is 0 Å². The number of nitrogens with two attached hydrogens (primary N) is 2. The largest absolute Gasteiger partial charge is 0.365 e. The summed E-state index contributed by atoms with van der Waals surface area (Å²) in [6, 6.07) is 6.74. The molecule has 2 rings (SSSR count). The molecule has 20 heavy (non-hydrogen) atoms. The van der Waals surface area contributed by atoms with E-state index in [0.717, 1.165) is 10.0 Å². The molecule has 0 aliphatic carbocycles. The smallest absolute Gasteiger partial charge is 0.317 e. The van der Waals surface area contributed by atoms with Crippen molar-refractivity contribution in [1.82, 2.24) is 4.98 Å². The van der Waals surface area contributed by atoms with E-state index in [-0.39, 0.29) is 11.4 Å². The monoisotopic (exact) mass is 336 g/mol. The van der Waals surface area contributed by atoms with E-state index < -0.39 is 11.9 Å². The maximum Gasteiger partial charge on any atom is 0.317 e. The first-order chi connectivity index (χ1) is 9.40. The van der Waals surface area contributed by atoms with E-state index in [2.05, 4.69) is 26.2 Å². The Bertz CT molecular complexity index is 676. The molecule has 0 fully saturated rings. The average Bonchev–Trinajstić information content (AvgIpc) is 2.66. The van der Waals surface area contributed by atoms with Crippen molar-refractivity contribution >= 4 is 33.7 Å². The molecular weight excluding hydrogens is 324 g/mol. The Kier molecular flexibility index (Phi) is 3.80. The molecule has 3 amide bonds. The first kappa shape index (κ1) is 14.1. The SMILES string of the molecule is Cc1c(-c2ccc(Br)cc2)[nH]c(NC(N)=O)c1C(N)=O. The van der Waals surface area contributed by atoms with Crippen LogP contribution in [0.15, 0.2) is 28.7 Å². The average molecular weight is 337 g/mol. The van der Waals surface area contributed by atoms with Crippen LogP contribution in [0.5, 0.6) is 0 Å². The van der Waals surface area contributed by atoms with E-state index in [1.165, 1.54) is 0 Å². The van der Waals surface area contributed by atoms with E-state index in [9.17, 15) is 9.59 Å². The Morgan fingerprint density at radius 3 is 2.30 bits per heavy atom. The summed E-state index contributed by atoms with van der Waals surface area (Å²) in [7, 11) is 0. The summed E-state index contributed by atoms with van der Waals surface area (Å²) in [4.78, 5) is 25.5. The summed E-state index contributed by atoms with van der Waals surface area (Å²) >= 11 is 3.35. The number of aromatic amines is 1. The fourth-order valence-electron chi connectivity index (χ4n) is 2.02. The summed E-state index contributed by atoms with van der Waals surface area (Å²) in [5.41, 5.74) is 12.9. The van der Waals surface area contributed by atoms with Crippen LogP contribution in [-0.2, 0) is 0 Å². The Morgan fingerprint density at radius 1 is 1.20 bits per heavy atom. The topological polar surface area (TPSA) is 114 Å². The number of hydrogen-bond acceptors (Lipinski definition) is 2. The lowest BCUT2D eigenvalue weighted by atomic mass is 10.1. The van der Waals surface area contributed by atoms with Crippen LogP contribution in [0, 0.1) is 6.92 Å². The van der Waals surface area contributed by atoms with Gasteiger partial charge in [0.25, 0.3) is 5.91 Å². The molecule has 104 valence electrons. The highest BCUT2D eigenvalue weighted by Gasteiger charge is 2.20. The molecule has 0 aliphatic heterocycles. The van der Waals surface area contributed by atoms with Crippen molar-refractivity contribution in [2.24, 2.45) is 11.5 Å². The predicted molar refractivity (Wildman–Crippen MR) is 80.4 cm³/mol. The molecule has 0 bridgehead atoms. The summed E-state index contributed by atoms with van der Waals surface area (Å²) < 4.78 is 0.941. The number of primary amides is 2. The molecule has 1 aromatic heterocycles. The molecule has 0 radical (unpaired) electrons. The predicted octanol–water partition coefficient (Wildman–Crippen LogP) is 2.34. The number of benzene rings is 1. The van der Waals surface area contributed by atoms with Crippen molar-refractivity contribution in [3.8, 4) is 11.3 Å². The maximum absolute atomic E-state index is 11.5. The van der Waals surface area contributed by atoms with Crippen LogP contribution in [0.2, 0.25) is 0 Å². The van der Waals surface area contributed by atoms with E-state index >= 15 is 0 Å². The minimum atomic E-state index is -0.767. The normalized spacial score (nSPS) is 10.3. The van der Waals surface area contributed by atoms with Crippen LogP contribution in [0.1, 0.15) is 15.9 Å². The van der Waals surface area contributed by atoms with Gasteiger partial charge in [-0.05, 0) is 30.2 Å². The van der Waals surface area contributed by atoms with Crippen LogP contribution >= 0.6 is 15.9 Å². The molecule has 0 aliphatic rings. The second kappa shape index (κ2) is 5.38. The van der Waals surface area contributed by atoms with E-state index in [0.29, 0.717) is 11.3 Å². The highest BCUT2D eigenvalue weighted by Crippen LogP contribution is 2.30. The fourth-order valence-corrected chi connectivity index (χ4v) is 2.29. The number of carbonyl (C=O) groups is 2.